The Bertz CT molecular complexity index is 453. The third-order valence-corrected chi connectivity index (χ3v) is 2.98. The summed E-state index contributed by atoms with van der Waals surface area (Å²) in [6, 6.07) is 7.32. The van der Waals surface area contributed by atoms with Crippen molar-refractivity contribution < 1.29 is 4.79 Å². The highest BCUT2D eigenvalue weighted by Gasteiger charge is 2.16. The summed E-state index contributed by atoms with van der Waals surface area (Å²) >= 11 is 17.3. The van der Waals surface area contributed by atoms with Gasteiger partial charge in [0.15, 0.2) is 0 Å². The zero-order chi connectivity index (χ0) is 13.7. The SMILES string of the molecule is CN(C)C(=O)C[C@@H](C=C(Cl)Cl)c1cccc(Cl)c1. The van der Waals surface area contributed by atoms with Crippen molar-refractivity contribution in [3.63, 3.8) is 0 Å². The van der Waals surface area contributed by atoms with Gasteiger partial charge in [-0.1, -0.05) is 46.9 Å². The van der Waals surface area contributed by atoms with Gasteiger partial charge in [0, 0.05) is 31.5 Å². The molecular weight excluding hydrogens is 293 g/mol. The summed E-state index contributed by atoms with van der Waals surface area (Å²) in [7, 11) is 3.42. The van der Waals surface area contributed by atoms with E-state index in [4.69, 9.17) is 34.8 Å². The molecule has 1 amide bonds. The molecular formula is C13H14Cl3NO. The maximum Gasteiger partial charge on any atom is 0.222 e. The van der Waals surface area contributed by atoms with Crippen LogP contribution in [0.2, 0.25) is 5.02 Å². The van der Waals surface area contributed by atoms with E-state index in [1.54, 1.807) is 26.2 Å². The van der Waals surface area contributed by atoms with Gasteiger partial charge >= 0.3 is 0 Å². The molecule has 0 aliphatic rings. The minimum atomic E-state index is -0.177. The summed E-state index contributed by atoms with van der Waals surface area (Å²) in [6.45, 7) is 0. The van der Waals surface area contributed by atoms with Crippen LogP contribution in [0.4, 0.5) is 0 Å². The number of nitrogens with zero attached hydrogens (tertiary/aromatic N) is 1. The Morgan fingerprint density at radius 1 is 1.39 bits per heavy atom. The Morgan fingerprint density at radius 3 is 2.56 bits per heavy atom. The third-order valence-electron chi connectivity index (χ3n) is 2.50. The summed E-state index contributed by atoms with van der Waals surface area (Å²) in [5.74, 6) is -0.172. The van der Waals surface area contributed by atoms with Crippen LogP contribution in [0.5, 0.6) is 0 Å². The average Bonchev–Trinajstić information content (AvgIpc) is 2.27. The van der Waals surface area contributed by atoms with E-state index in [0.717, 1.165) is 5.56 Å². The molecule has 1 atom stereocenters. The Labute approximate surface area is 122 Å². The first-order chi connectivity index (χ1) is 8.40. The highest BCUT2D eigenvalue weighted by atomic mass is 35.5. The van der Waals surface area contributed by atoms with E-state index in [0.29, 0.717) is 11.4 Å². The predicted molar refractivity (Wildman–Crippen MR) is 77.3 cm³/mol. The largest absolute Gasteiger partial charge is 0.349 e. The Balaban J connectivity index is 2.99. The van der Waals surface area contributed by atoms with E-state index in [-0.39, 0.29) is 16.3 Å². The first-order valence-corrected chi connectivity index (χ1v) is 6.52. The van der Waals surface area contributed by atoms with Crippen LogP contribution in [0, 0.1) is 0 Å². The lowest BCUT2D eigenvalue weighted by atomic mass is 9.95. The van der Waals surface area contributed by atoms with Gasteiger partial charge in [-0.3, -0.25) is 4.79 Å². The fourth-order valence-corrected chi connectivity index (χ4v) is 2.04. The first-order valence-electron chi connectivity index (χ1n) is 5.38. The first kappa shape index (κ1) is 15.4. The van der Waals surface area contributed by atoms with Gasteiger partial charge in [0.1, 0.15) is 4.49 Å². The molecule has 0 aliphatic carbocycles. The lowest BCUT2D eigenvalue weighted by Gasteiger charge is -2.16. The van der Waals surface area contributed by atoms with Crippen LogP contribution in [0.25, 0.3) is 0 Å². The molecule has 1 aromatic carbocycles. The zero-order valence-corrected chi connectivity index (χ0v) is 12.4. The predicted octanol–water partition coefficient (Wildman–Crippen LogP) is 4.22. The molecule has 98 valence electrons. The number of carbonyl (C=O) groups is 1. The molecule has 1 rings (SSSR count). The van der Waals surface area contributed by atoms with Gasteiger partial charge in [-0.15, -0.1) is 0 Å². The summed E-state index contributed by atoms with van der Waals surface area (Å²) < 4.78 is 0.145. The van der Waals surface area contributed by atoms with Crippen LogP contribution in [0.15, 0.2) is 34.8 Å². The molecule has 0 fully saturated rings. The molecule has 0 saturated heterocycles. The second-order valence-electron chi connectivity index (χ2n) is 4.11. The molecule has 0 saturated carbocycles. The van der Waals surface area contributed by atoms with Crippen molar-refractivity contribution in [3.8, 4) is 0 Å². The van der Waals surface area contributed by atoms with Crippen LogP contribution < -0.4 is 0 Å². The Morgan fingerprint density at radius 2 is 2.06 bits per heavy atom. The maximum absolute atomic E-state index is 11.8. The molecule has 2 nitrogen and oxygen atoms in total. The number of hydrogen-bond acceptors (Lipinski definition) is 1. The topological polar surface area (TPSA) is 20.3 Å². The quantitative estimate of drug-likeness (QED) is 0.815. The van der Waals surface area contributed by atoms with E-state index in [2.05, 4.69) is 0 Å². The van der Waals surface area contributed by atoms with Crippen molar-refractivity contribution in [3.05, 3.63) is 45.4 Å². The zero-order valence-electron chi connectivity index (χ0n) is 10.2. The second kappa shape index (κ2) is 7.03. The molecule has 18 heavy (non-hydrogen) atoms. The van der Waals surface area contributed by atoms with Gasteiger partial charge in [0.25, 0.3) is 0 Å². The van der Waals surface area contributed by atoms with Gasteiger partial charge in [0.2, 0.25) is 5.91 Å². The number of hydrogen-bond donors (Lipinski definition) is 0. The molecule has 0 aliphatic heterocycles. The van der Waals surface area contributed by atoms with E-state index in [1.807, 2.05) is 18.2 Å². The molecule has 0 bridgehead atoms. The number of amides is 1. The highest BCUT2D eigenvalue weighted by Crippen LogP contribution is 2.27. The van der Waals surface area contributed by atoms with E-state index < -0.39 is 0 Å². The van der Waals surface area contributed by atoms with Crippen LogP contribution in [0.1, 0.15) is 17.9 Å². The number of halogens is 3. The molecule has 1 aromatic rings. The minimum Gasteiger partial charge on any atom is -0.349 e. The smallest absolute Gasteiger partial charge is 0.222 e. The number of carbonyl (C=O) groups excluding carboxylic acids is 1. The standard InChI is InChI=1S/C13H14Cl3NO/c1-17(2)13(18)8-10(7-12(15)16)9-4-3-5-11(14)6-9/h3-7,10H,8H2,1-2H3/t10-/m1/s1. The van der Waals surface area contributed by atoms with Gasteiger partial charge in [-0.25, -0.2) is 0 Å². The summed E-state index contributed by atoms with van der Waals surface area (Å²) in [4.78, 5) is 13.3. The average molecular weight is 307 g/mol. The van der Waals surface area contributed by atoms with Crippen molar-refractivity contribution in [2.75, 3.05) is 14.1 Å². The maximum atomic E-state index is 11.8. The van der Waals surface area contributed by atoms with Crippen LogP contribution >= 0.6 is 34.8 Å². The molecule has 0 aromatic heterocycles. The van der Waals surface area contributed by atoms with Gasteiger partial charge in [-0.2, -0.15) is 0 Å². The van der Waals surface area contributed by atoms with E-state index in [1.165, 1.54) is 4.90 Å². The second-order valence-corrected chi connectivity index (χ2v) is 5.55. The lowest BCUT2D eigenvalue weighted by Crippen LogP contribution is -2.23. The number of allylic oxidation sites excluding steroid dienone is 1. The third kappa shape index (κ3) is 4.89. The van der Waals surface area contributed by atoms with Crippen molar-refractivity contribution >= 4 is 40.7 Å². The number of benzene rings is 1. The van der Waals surface area contributed by atoms with Crippen molar-refractivity contribution in [1.29, 1.82) is 0 Å². The molecule has 0 radical (unpaired) electrons. The normalized spacial score (nSPS) is 11.8. The summed E-state index contributed by atoms with van der Waals surface area (Å²) in [5, 5.41) is 0.619. The highest BCUT2D eigenvalue weighted by molar-refractivity contribution is 6.55. The fourth-order valence-electron chi connectivity index (χ4n) is 1.53. The minimum absolute atomic E-state index is 0.00538. The van der Waals surface area contributed by atoms with Crippen LogP contribution in [-0.4, -0.2) is 24.9 Å². The van der Waals surface area contributed by atoms with Crippen LogP contribution in [-0.2, 0) is 4.79 Å². The summed E-state index contributed by atoms with van der Waals surface area (Å²) in [5.41, 5.74) is 0.913. The fraction of sp³-hybridized carbons (Fsp3) is 0.308. The van der Waals surface area contributed by atoms with E-state index >= 15 is 0 Å². The van der Waals surface area contributed by atoms with Gasteiger partial charge < -0.3 is 4.90 Å². The number of rotatable bonds is 4. The van der Waals surface area contributed by atoms with Gasteiger partial charge in [0.05, 0.1) is 0 Å². The van der Waals surface area contributed by atoms with E-state index in [9.17, 15) is 4.79 Å². The van der Waals surface area contributed by atoms with Crippen molar-refractivity contribution in [2.45, 2.75) is 12.3 Å². The monoisotopic (exact) mass is 305 g/mol. The van der Waals surface area contributed by atoms with Gasteiger partial charge in [-0.05, 0) is 23.8 Å². The molecule has 0 unspecified atom stereocenters. The Hall–Kier alpha value is -0.700. The molecule has 0 N–H and O–H groups in total. The molecule has 0 spiro atoms. The van der Waals surface area contributed by atoms with Crippen molar-refractivity contribution in [2.24, 2.45) is 0 Å². The molecule has 5 heteroatoms. The Kier molecular flexibility index (Phi) is 6.00. The lowest BCUT2D eigenvalue weighted by molar-refractivity contribution is -0.128. The van der Waals surface area contributed by atoms with Crippen LogP contribution in [0.3, 0.4) is 0 Å². The summed E-state index contributed by atoms with van der Waals surface area (Å²) in [6.07, 6.45) is 1.95. The molecule has 0 heterocycles. The van der Waals surface area contributed by atoms with Crippen molar-refractivity contribution in [1.82, 2.24) is 4.90 Å².